The Morgan fingerprint density at radius 3 is 1.75 bits per heavy atom. The number of esters is 4. The summed E-state index contributed by atoms with van der Waals surface area (Å²) in [5, 5.41) is 9.22. The highest BCUT2D eigenvalue weighted by Gasteiger charge is 2.34. The number of rotatable bonds is 19. The van der Waals surface area contributed by atoms with Gasteiger partial charge in [-0.25, -0.2) is 14.0 Å². The molecule has 18 heteroatoms. The summed E-state index contributed by atoms with van der Waals surface area (Å²) in [7, 11) is 3.19. The van der Waals surface area contributed by atoms with Gasteiger partial charge in [-0.15, -0.1) is 0 Å². The van der Waals surface area contributed by atoms with Crippen molar-refractivity contribution in [3.8, 4) is 0 Å². The zero-order valence-electron chi connectivity index (χ0n) is 27.2. The first kappa shape index (κ1) is 40.7. The number of alkyl carbamates (subject to hydrolysis) is 1. The van der Waals surface area contributed by atoms with Gasteiger partial charge in [-0.3, -0.25) is 28.8 Å². The van der Waals surface area contributed by atoms with Crippen LogP contribution >= 0.6 is 0 Å². The molecule has 0 aromatic heterocycles. The maximum absolute atomic E-state index is 13.5. The van der Waals surface area contributed by atoms with Crippen molar-refractivity contribution in [1.29, 1.82) is 0 Å². The van der Waals surface area contributed by atoms with E-state index in [1.165, 1.54) is 13.8 Å². The number of halogens is 1. The van der Waals surface area contributed by atoms with Crippen molar-refractivity contribution in [1.82, 2.24) is 21.3 Å². The number of ether oxygens (including phenoxy) is 5. The average molecular weight is 685 g/mol. The summed E-state index contributed by atoms with van der Waals surface area (Å²) < 4.78 is 35.7. The Bertz CT molecular complexity index is 1280. The molecule has 0 fully saturated rings. The van der Waals surface area contributed by atoms with E-state index in [1.807, 2.05) is 0 Å². The third-order valence-electron chi connectivity index (χ3n) is 6.56. The van der Waals surface area contributed by atoms with Crippen LogP contribution in [0.2, 0.25) is 0 Å². The van der Waals surface area contributed by atoms with Gasteiger partial charge in [-0.1, -0.05) is 44.2 Å². The lowest BCUT2D eigenvalue weighted by molar-refractivity contribution is -0.156. The molecule has 0 spiro atoms. The highest BCUT2D eigenvalue weighted by molar-refractivity contribution is 5.96. The first-order chi connectivity index (χ1) is 22.8. The molecular weight excluding hydrogens is 643 g/mol. The summed E-state index contributed by atoms with van der Waals surface area (Å²) in [6.07, 6.45) is -3.17. The van der Waals surface area contributed by atoms with Crippen molar-refractivity contribution in [2.45, 2.75) is 70.3 Å². The maximum Gasteiger partial charge on any atom is 0.408 e. The van der Waals surface area contributed by atoms with Gasteiger partial charge >= 0.3 is 30.0 Å². The second-order valence-electron chi connectivity index (χ2n) is 10.4. The lowest BCUT2D eigenvalue weighted by atomic mass is 10.0. The van der Waals surface area contributed by atoms with Gasteiger partial charge in [0.05, 0.1) is 34.2 Å². The summed E-state index contributed by atoms with van der Waals surface area (Å²) in [5.41, 5.74) is 0.640. The van der Waals surface area contributed by atoms with Crippen LogP contribution in [0.5, 0.6) is 0 Å². The van der Waals surface area contributed by atoms with Crippen molar-refractivity contribution >= 4 is 47.7 Å². The summed E-state index contributed by atoms with van der Waals surface area (Å²) >= 11 is 0. The fraction of sp³-hybridized carbons (Fsp3) is 0.533. The molecule has 0 saturated carbocycles. The zero-order chi connectivity index (χ0) is 36.2. The Kier molecular flexibility index (Phi) is 18.2. The first-order valence-electron chi connectivity index (χ1n) is 14.6. The van der Waals surface area contributed by atoms with Gasteiger partial charge in [0.2, 0.25) is 24.6 Å². The van der Waals surface area contributed by atoms with Crippen LogP contribution in [0.3, 0.4) is 0 Å². The van der Waals surface area contributed by atoms with Crippen molar-refractivity contribution in [3.05, 3.63) is 35.9 Å². The van der Waals surface area contributed by atoms with Gasteiger partial charge in [0.25, 0.3) is 0 Å². The van der Waals surface area contributed by atoms with Crippen LogP contribution in [-0.2, 0) is 63.9 Å². The Morgan fingerprint density at radius 2 is 1.21 bits per heavy atom. The molecule has 0 heterocycles. The number of benzene rings is 1. The molecule has 0 bridgehead atoms. The number of amides is 4. The van der Waals surface area contributed by atoms with E-state index < -0.39 is 97.5 Å². The number of carbonyl (C=O) groups is 8. The minimum Gasteiger partial charge on any atom is -0.469 e. The lowest BCUT2D eigenvalue weighted by Gasteiger charge is -2.27. The first-order valence-corrected chi connectivity index (χ1v) is 14.6. The van der Waals surface area contributed by atoms with Crippen LogP contribution in [-0.4, -0.2) is 100 Å². The summed E-state index contributed by atoms with van der Waals surface area (Å²) in [6, 6.07) is 2.39. The minimum atomic E-state index is -1.67. The van der Waals surface area contributed by atoms with E-state index in [2.05, 4.69) is 40.2 Å². The number of hydrogen-bond donors (Lipinski definition) is 4. The molecule has 0 aliphatic heterocycles. The Labute approximate surface area is 275 Å². The molecule has 4 atom stereocenters. The third-order valence-corrected chi connectivity index (χ3v) is 6.56. The van der Waals surface area contributed by atoms with Crippen LogP contribution in [0.25, 0.3) is 0 Å². The topological polar surface area (TPSA) is 231 Å². The van der Waals surface area contributed by atoms with E-state index >= 15 is 0 Å². The quantitative estimate of drug-likeness (QED) is 0.111. The molecule has 1 aromatic carbocycles. The van der Waals surface area contributed by atoms with Crippen molar-refractivity contribution in [2.75, 3.05) is 28.2 Å². The van der Waals surface area contributed by atoms with E-state index in [0.717, 1.165) is 21.3 Å². The molecule has 48 heavy (non-hydrogen) atoms. The van der Waals surface area contributed by atoms with Gasteiger partial charge in [0, 0.05) is 6.42 Å². The molecule has 0 radical (unpaired) electrons. The normalized spacial score (nSPS) is 13.0. The summed E-state index contributed by atoms with van der Waals surface area (Å²) in [5.74, 6) is -7.50. The van der Waals surface area contributed by atoms with Crippen molar-refractivity contribution in [3.63, 3.8) is 0 Å². The van der Waals surface area contributed by atoms with E-state index in [9.17, 15) is 42.7 Å². The molecule has 0 aliphatic carbocycles. The molecule has 0 aliphatic rings. The zero-order valence-corrected chi connectivity index (χ0v) is 27.2. The standard InChI is InChI=1S/C30H41FN4O13/c1-17(2)25(28(41)33-21(14-24(38)46-5)29(42)48-16-31)35-26(39)19(11-12-22(36)44-3)32-27(40)20(13-23(37)45-4)34-30(43)47-15-18-9-7-6-8-10-18/h6-10,17,19-21,25H,11-16H2,1-5H3,(H,32,40)(H,33,41)(H,34,43)(H,35,39). The van der Waals surface area contributed by atoms with Crippen LogP contribution in [0.4, 0.5) is 9.18 Å². The smallest absolute Gasteiger partial charge is 0.408 e. The van der Waals surface area contributed by atoms with Gasteiger partial charge in [-0.05, 0) is 17.9 Å². The van der Waals surface area contributed by atoms with E-state index in [4.69, 9.17) is 4.74 Å². The van der Waals surface area contributed by atoms with Gasteiger partial charge in [0.15, 0.2) is 0 Å². The lowest BCUT2D eigenvalue weighted by Crippen LogP contribution is -2.59. The molecule has 0 saturated heterocycles. The molecule has 4 N–H and O–H groups in total. The minimum absolute atomic E-state index is 0.159. The SMILES string of the molecule is COC(=O)CCC(NC(=O)C(CC(=O)OC)NC(=O)OCc1ccccc1)C(=O)NC(C(=O)NC(CC(=O)OC)C(=O)OCF)C(C)C. The van der Waals surface area contributed by atoms with Crippen LogP contribution in [0.15, 0.2) is 30.3 Å². The summed E-state index contributed by atoms with van der Waals surface area (Å²) in [6.45, 7) is 1.36. The van der Waals surface area contributed by atoms with E-state index in [-0.39, 0.29) is 19.4 Å². The van der Waals surface area contributed by atoms with Crippen molar-refractivity contribution < 1.29 is 66.4 Å². The number of nitrogens with one attached hydrogen (secondary N) is 4. The fourth-order valence-electron chi connectivity index (χ4n) is 3.92. The molecule has 17 nitrogen and oxygen atoms in total. The fourth-order valence-corrected chi connectivity index (χ4v) is 3.92. The predicted molar refractivity (Wildman–Crippen MR) is 161 cm³/mol. The Morgan fingerprint density at radius 1 is 0.667 bits per heavy atom. The molecule has 266 valence electrons. The number of carbonyl (C=O) groups excluding carboxylic acids is 8. The van der Waals surface area contributed by atoms with Gasteiger partial charge in [0.1, 0.15) is 30.8 Å². The van der Waals surface area contributed by atoms with Crippen LogP contribution in [0, 0.1) is 5.92 Å². The molecule has 4 unspecified atom stereocenters. The molecule has 1 aromatic rings. The number of methoxy groups -OCH3 is 3. The Balaban J connectivity index is 3.19. The largest absolute Gasteiger partial charge is 0.469 e. The average Bonchev–Trinajstić information content (AvgIpc) is 3.06. The summed E-state index contributed by atoms with van der Waals surface area (Å²) in [4.78, 5) is 100. The van der Waals surface area contributed by atoms with Crippen LogP contribution < -0.4 is 21.3 Å². The predicted octanol–water partition coefficient (Wildman–Crippen LogP) is -0.0586. The second-order valence-corrected chi connectivity index (χ2v) is 10.4. The highest BCUT2D eigenvalue weighted by Crippen LogP contribution is 2.09. The molecular formula is C30H41FN4O13. The Hall–Kier alpha value is -5.29. The van der Waals surface area contributed by atoms with E-state index in [0.29, 0.717) is 5.56 Å². The van der Waals surface area contributed by atoms with Crippen LogP contribution in [0.1, 0.15) is 45.1 Å². The number of hydrogen-bond acceptors (Lipinski definition) is 13. The second kappa shape index (κ2) is 21.5. The van der Waals surface area contributed by atoms with E-state index in [1.54, 1.807) is 30.3 Å². The third kappa shape index (κ3) is 14.9. The van der Waals surface area contributed by atoms with Crippen molar-refractivity contribution in [2.24, 2.45) is 5.92 Å². The number of alkyl halides is 1. The monoisotopic (exact) mass is 684 g/mol. The van der Waals surface area contributed by atoms with Gasteiger partial charge < -0.3 is 45.0 Å². The molecule has 1 rings (SSSR count). The van der Waals surface area contributed by atoms with Gasteiger partial charge in [-0.2, -0.15) is 0 Å². The maximum atomic E-state index is 13.5. The molecule has 4 amide bonds. The highest BCUT2D eigenvalue weighted by atomic mass is 19.1.